The molecule has 4 nitrogen and oxygen atoms in total. The van der Waals surface area contributed by atoms with Crippen molar-refractivity contribution in [1.82, 2.24) is 10.3 Å². The van der Waals surface area contributed by atoms with Crippen LogP contribution in [0.3, 0.4) is 0 Å². The third kappa shape index (κ3) is 2.72. The van der Waals surface area contributed by atoms with E-state index in [1.807, 2.05) is 18.2 Å². The third-order valence-electron chi connectivity index (χ3n) is 5.15. The van der Waals surface area contributed by atoms with E-state index in [9.17, 15) is 9.90 Å². The van der Waals surface area contributed by atoms with Gasteiger partial charge in [-0.25, -0.2) is 0 Å². The smallest absolute Gasteiger partial charge is 0.321 e. The maximum atomic E-state index is 11.7. The second-order valence-corrected chi connectivity index (χ2v) is 7.08. The Morgan fingerprint density at radius 1 is 1.12 bits per heavy atom. The molecule has 0 amide bonds. The SMILES string of the molecule is CC(C)c1ccc([C@@H]2N[C@H](C(=O)O)Cc3c2[nH]c2ccccc32)cc1. The van der Waals surface area contributed by atoms with Crippen molar-refractivity contribution in [3.8, 4) is 0 Å². The van der Waals surface area contributed by atoms with Crippen LogP contribution in [0.25, 0.3) is 10.9 Å². The molecular formula is C21H22N2O2. The molecule has 2 aromatic carbocycles. The first-order chi connectivity index (χ1) is 12.0. The lowest BCUT2D eigenvalue weighted by Gasteiger charge is -2.29. The molecule has 4 rings (SSSR count). The predicted octanol–water partition coefficient (Wildman–Crippen LogP) is 3.98. The molecule has 0 fully saturated rings. The monoisotopic (exact) mass is 334 g/mol. The van der Waals surface area contributed by atoms with Gasteiger partial charge in [0.2, 0.25) is 0 Å². The highest BCUT2D eigenvalue weighted by atomic mass is 16.4. The molecule has 1 aliphatic heterocycles. The van der Waals surface area contributed by atoms with Crippen LogP contribution in [-0.4, -0.2) is 22.1 Å². The number of para-hydroxylation sites is 1. The Morgan fingerprint density at radius 2 is 1.84 bits per heavy atom. The first-order valence-corrected chi connectivity index (χ1v) is 8.73. The van der Waals surface area contributed by atoms with Crippen LogP contribution in [0.4, 0.5) is 0 Å². The van der Waals surface area contributed by atoms with Gasteiger partial charge < -0.3 is 10.1 Å². The molecule has 3 aromatic rings. The molecule has 0 saturated carbocycles. The van der Waals surface area contributed by atoms with Gasteiger partial charge in [-0.3, -0.25) is 10.1 Å². The fraction of sp³-hybridized carbons (Fsp3) is 0.286. The van der Waals surface area contributed by atoms with Crippen molar-refractivity contribution in [3.63, 3.8) is 0 Å². The molecule has 0 radical (unpaired) electrons. The number of hydrogen-bond donors (Lipinski definition) is 3. The summed E-state index contributed by atoms with van der Waals surface area (Å²) in [6.07, 6.45) is 0.495. The lowest BCUT2D eigenvalue weighted by atomic mass is 9.89. The Bertz CT molecular complexity index is 925. The molecule has 3 N–H and O–H groups in total. The number of hydrogen-bond acceptors (Lipinski definition) is 2. The molecule has 0 aliphatic carbocycles. The minimum Gasteiger partial charge on any atom is -0.480 e. The summed E-state index contributed by atoms with van der Waals surface area (Å²) in [6.45, 7) is 4.34. The molecule has 2 atom stereocenters. The van der Waals surface area contributed by atoms with Crippen molar-refractivity contribution in [3.05, 3.63) is 70.9 Å². The number of rotatable bonds is 3. The van der Waals surface area contributed by atoms with E-state index in [0.717, 1.165) is 27.7 Å². The lowest BCUT2D eigenvalue weighted by Crippen LogP contribution is -2.44. The Kier molecular flexibility index (Phi) is 3.85. The standard InChI is InChI=1S/C21H22N2O2/c1-12(2)13-7-9-14(10-8-13)19-20-16(11-18(23-19)21(24)25)15-5-3-4-6-17(15)22-20/h3-10,12,18-19,22-23H,11H2,1-2H3,(H,24,25)/t18-,19-/m0/s1. The highest BCUT2D eigenvalue weighted by molar-refractivity contribution is 5.87. The molecule has 4 heteroatoms. The number of aliphatic carboxylic acids is 1. The van der Waals surface area contributed by atoms with Gasteiger partial charge in [0.05, 0.1) is 6.04 Å². The molecule has 25 heavy (non-hydrogen) atoms. The quantitative estimate of drug-likeness (QED) is 0.679. The van der Waals surface area contributed by atoms with Crippen LogP contribution in [0.2, 0.25) is 0 Å². The molecule has 0 spiro atoms. The van der Waals surface area contributed by atoms with Gasteiger partial charge in [-0.15, -0.1) is 0 Å². The Labute approximate surface area is 146 Å². The Balaban J connectivity index is 1.83. The number of carbonyl (C=O) groups is 1. The highest BCUT2D eigenvalue weighted by Gasteiger charge is 2.33. The van der Waals surface area contributed by atoms with Gasteiger partial charge >= 0.3 is 5.97 Å². The highest BCUT2D eigenvalue weighted by Crippen LogP contribution is 2.35. The molecule has 1 aliphatic rings. The number of H-pyrrole nitrogens is 1. The van der Waals surface area contributed by atoms with Gasteiger partial charge in [0.25, 0.3) is 0 Å². The summed E-state index contributed by atoms with van der Waals surface area (Å²) in [5, 5.41) is 14.0. The zero-order valence-corrected chi connectivity index (χ0v) is 14.4. The number of carboxylic acid groups (broad SMARTS) is 1. The number of aromatic amines is 1. The van der Waals surface area contributed by atoms with Crippen molar-refractivity contribution in [2.45, 2.75) is 38.3 Å². The van der Waals surface area contributed by atoms with Crippen LogP contribution in [0.1, 0.15) is 48.2 Å². The Morgan fingerprint density at radius 3 is 2.52 bits per heavy atom. The topological polar surface area (TPSA) is 65.1 Å². The number of fused-ring (bicyclic) bond motifs is 3. The molecule has 0 unspecified atom stereocenters. The summed E-state index contributed by atoms with van der Waals surface area (Å²) in [5.41, 5.74) is 5.62. The van der Waals surface area contributed by atoms with Crippen molar-refractivity contribution < 1.29 is 9.90 Å². The average molecular weight is 334 g/mol. The molecule has 2 heterocycles. The Hall–Kier alpha value is -2.59. The van der Waals surface area contributed by atoms with Gasteiger partial charge in [-0.05, 0) is 28.7 Å². The summed E-state index contributed by atoms with van der Waals surface area (Å²) in [4.78, 5) is 15.2. The van der Waals surface area contributed by atoms with Crippen LogP contribution in [0, 0.1) is 0 Å². The van der Waals surface area contributed by atoms with Crippen LogP contribution in [0.5, 0.6) is 0 Å². The average Bonchev–Trinajstić information content (AvgIpc) is 2.99. The number of benzene rings is 2. The van der Waals surface area contributed by atoms with Crippen LogP contribution in [-0.2, 0) is 11.2 Å². The van der Waals surface area contributed by atoms with Crippen molar-refractivity contribution in [2.24, 2.45) is 0 Å². The predicted molar refractivity (Wildman–Crippen MR) is 98.9 cm³/mol. The van der Waals surface area contributed by atoms with Gasteiger partial charge in [0, 0.05) is 23.0 Å². The van der Waals surface area contributed by atoms with E-state index >= 15 is 0 Å². The number of aromatic nitrogens is 1. The largest absolute Gasteiger partial charge is 0.480 e. The zero-order chi connectivity index (χ0) is 17.6. The van der Waals surface area contributed by atoms with E-state index in [1.54, 1.807) is 0 Å². The molecule has 0 saturated heterocycles. The molecule has 1 aromatic heterocycles. The van der Waals surface area contributed by atoms with Crippen LogP contribution < -0.4 is 5.32 Å². The molecule has 0 bridgehead atoms. The van der Waals surface area contributed by atoms with Gasteiger partial charge in [-0.2, -0.15) is 0 Å². The first kappa shape index (κ1) is 15.9. The van der Waals surface area contributed by atoms with Crippen molar-refractivity contribution in [2.75, 3.05) is 0 Å². The number of nitrogens with one attached hydrogen (secondary N) is 2. The minimum absolute atomic E-state index is 0.140. The van der Waals surface area contributed by atoms with Crippen molar-refractivity contribution >= 4 is 16.9 Å². The fourth-order valence-electron chi connectivity index (χ4n) is 3.73. The summed E-state index contributed by atoms with van der Waals surface area (Å²) in [7, 11) is 0. The zero-order valence-electron chi connectivity index (χ0n) is 14.4. The number of carboxylic acids is 1. The maximum absolute atomic E-state index is 11.7. The van der Waals surface area contributed by atoms with E-state index in [-0.39, 0.29) is 6.04 Å². The second-order valence-electron chi connectivity index (χ2n) is 7.08. The second kappa shape index (κ2) is 6.05. The minimum atomic E-state index is -0.806. The maximum Gasteiger partial charge on any atom is 0.321 e. The molecular weight excluding hydrogens is 312 g/mol. The van der Waals surface area contributed by atoms with E-state index in [2.05, 4.69) is 54.5 Å². The lowest BCUT2D eigenvalue weighted by molar-refractivity contribution is -0.139. The summed E-state index contributed by atoms with van der Waals surface area (Å²) >= 11 is 0. The first-order valence-electron chi connectivity index (χ1n) is 8.73. The fourth-order valence-corrected chi connectivity index (χ4v) is 3.73. The van der Waals surface area contributed by atoms with Crippen molar-refractivity contribution in [1.29, 1.82) is 0 Å². The van der Waals surface area contributed by atoms with E-state index in [1.165, 1.54) is 5.56 Å². The van der Waals surface area contributed by atoms with E-state index in [4.69, 9.17) is 0 Å². The van der Waals surface area contributed by atoms with E-state index in [0.29, 0.717) is 12.3 Å². The summed E-state index contributed by atoms with van der Waals surface area (Å²) in [5.74, 6) is -0.330. The van der Waals surface area contributed by atoms with Gasteiger partial charge in [0.1, 0.15) is 6.04 Å². The normalized spacial score (nSPS) is 20.0. The summed E-state index contributed by atoms with van der Waals surface area (Å²) in [6, 6.07) is 15.9. The van der Waals surface area contributed by atoms with Gasteiger partial charge in [0.15, 0.2) is 0 Å². The molecule has 128 valence electrons. The van der Waals surface area contributed by atoms with Gasteiger partial charge in [-0.1, -0.05) is 56.3 Å². The van der Waals surface area contributed by atoms with Crippen LogP contribution in [0.15, 0.2) is 48.5 Å². The van der Waals surface area contributed by atoms with E-state index < -0.39 is 12.0 Å². The third-order valence-corrected chi connectivity index (χ3v) is 5.15. The summed E-state index contributed by atoms with van der Waals surface area (Å²) < 4.78 is 0. The van der Waals surface area contributed by atoms with Crippen LogP contribution >= 0.6 is 0 Å².